The topological polar surface area (TPSA) is 50.3 Å². The predicted molar refractivity (Wildman–Crippen MR) is 58.9 cm³/mol. The number of carbonyl (C=O) groups excluding carboxylic acids is 2. The van der Waals surface area contributed by atoms with Crippen LogP contribution in [0.3, 0.4) is 0 Å². The smallest absolute Gasteiger partial charge is 0.255 e. The van der Waals surface area contributed by atoms with Crippen LogP contribution in [0.15, 0.2) is 18.5 Å². The maximum atomic E-state index is 12.9. The van der Waals surface area contributed by atoms with E-state index in [2.05, 4.69) is 4.98 Å². The number of amides is 1. The first-order valence-electron chi connectivity index (χ1n) is 5.50. The molecule has 0 aliphatic carbocycles. The molecule has 17 heavy (non-hydrogen) atoms. The summed E-state index contributed by atoms with van der Waals surface area (Å²) in [5.74, 6) is -0.769. The summed E-state index contributed by atoms with van der Waals surface area (Å²) >= 11 is 0. The van der Waals surface area contributed by atoms with Gasteiger partial charge in [-0.25, -0.2) is 4.39 Å². The lowest BCUT2D eigenvalue weighted by Gasteiger charge is -2.30. The largest absolute Gasteiger partial charge is 0.337 e. The van der Waals surface area contributed by atoms with Crippen LogP contribution >= 0.6 is 0 Å². The lowest BCUT2D eigenvalue weighted by Crippen LogP contribution is -2.43. The summed E-state index contributed by atoms with van der Waals surface area (Å²) in [5, 5.41) is 0. The average molecular weight is 236 g/mol. The molecule has 5 heteroatoms. The number of halogens is 1. The summed E-state index contributed by atoms with van der Waals surface area (Å²) in [6.07, 6.45) is 2.77. The Morgan fingerprint density at radius 3 is 2.94 bits per heavy atom. The minimum absolute atomic E-state index is 0.144. The highest BCUT2D eigenvalue weighted by molar-refractivity contribution is 5.95. The van der Waals surface area contributed by atoms with Crippen molar-refractivity contribution in [2.45, 2.75) is 13.3 Å². The molecule has 1 aliphatic heterocycles. The SMILES string of the molecule is CC1CN(C(=O)c2cncc(F)c2)CCC1=O. The van der Waals surface area contributed by atoms with Gasteiger partial charge in [-0.2, -0.15) is 0 Å². The molecule has 1 fully saturated rings. The van der Waals surface area contributed by atoms with Crippen LogP contribution in [0.2, 0.25) is 0 Å². The average Bonchev–Trinajstić information content (AvgIpc) is 2.32. The standard InChI is InChI=1S/C12H13FN2O2/c1-8-7-15(3-2-11(8)16)12(17)9-4-10(13)6-14-5-9/h4-6,8H,2-3,7H2,1H3. The minimum Gasteiger partial charge on any atom is -0.337 e. The molecule has 0 spiro atoms. The van der Waals surface area contributed by atoms with Crippen LogP contribution in [0, 0.1) is 11.7 Å². The molecular formula is C12H13FN2O2. The van der Waals surface area contributed by atoms with Crippen LogP contribution < -0.4 is 0 Å². The molecule has 4 nitrogen and oxygen atoms in total. The number of hydrogen-bond donors (Lipinski definition) is 0. The van der Waals surface area contributed by atoms with E-state index in [1.54, 1.807) is 11.8 Å². The molecule has 0 aromatic carbocycles. The summed E-state index contributed by atoms with van der Waals surface area (Å²) in [5.41, 5.74) is 0.228. The number of hydrogen-bond acceptors (Lipinski definition) is 3. The highest BCUT2D eigenvalue weighted by Crippen LogP contribution is 2.15. The van der Waals surface area contributed by atoms with E-state index in [-0.39, 0.29) is 23.2 Å². The summed E-state index contributed by atoms with van der Waals surface area (Å²) in [6, 6.07) is 1.16. The fraction of sp³-hybridized carbons (Fsp3) is 0.417. The van der Waals surface area contributed by atoms with Crippen molar-refractivity contribution >= 4 is 11.7 Å². The van der Waals surface area contributed by atoms with E-state index in [9.17, 15) is 14.0 Å². The van der Waals surface area contributed by atoms with E-state index in [1.165, 1.54) is 6.20 Å². The zero-order valence-electron chi connectivity index (χ0n) is 9.52. The molecule has 1 aromatic rings. The summed E-state index contributed by atoms with van der Waals surface area (Å²) in [4.78, 5) is 28.6. The maximum Gasteiger partial charge on any atom is 0.255 e. The van der Waals surface area contributed by atoms with Gasteiger partial charge in [0.05, 0.1) is 11.8 Å². The van der Waals surface area contributed by atoms with Gasteiger partial charge >= 0.3 is 0 Å². The number of carbonyl (C=O) groups is 2. The van der Waals surface area contributed by atoms with Crippen molar-refractivity contribution in [3.8, 4) is 0 Å². The normalized spacial score (nSPS) is 20.5. The van der Waals surface area contributed by atoms with Gasteiger partial charge < -0.3 is 4.90 Å². The molecule has 0 bridgehead atoms. The summed E-state index contributed by atoms with van der Waals surface area (Å²) < 4.78 is 12.9. The number of ketones is 1. The number of nitrogens with zero attached hydrogens (tertiary/aromatic N) is 2. The minimum atomic E-state index is -0.531. The fourth-order valence-electron chi connectivity index (χ4n) is 1.91. The fourth-order valence-corrected chi connectivity index (χ4v) is 1.91. The van der Waals surface area contributed by atoms with Crippen LogP contribution in [0.25, 0.3) is 0 Å². The van der Waals surface area contributed by atoms with Gasteiger partial charge in [0.15, 0.2) is 0 Å². The van der Waals surface area contributed by atoms with E-state index in [0.29, 0.717) is 19.5 Å². The van der Waals surface area contributed by atoms with Gasteiger partial charge in [-0.1, -0.05) is 6.92 Å². The number of rotatable bonds is 1. The highest BCUT2D eigenvalue weighted by Gasteiger charge is 2.27. The lowest BCUT2D eigenvalue weighted by molar-refractivity contribution is -0.124. The van der Waals surface area contributed by atoms with Crippen molar-refractivity contribution < 1.29 is 14.0 Å². The van der Waals surface area contributed by atoms with E-state index < -0.39 is 5.82 Å². The molecule has 1 aromatic heterocycles. The molecule has 1 unspecified atom stereocenters. The van der Waals surface area contributed by atoms with Crippen molar-refractivity contribution in [2.24, 2.45) is 5.92 Å². The van der Waals surface area contributed by atoms with Gasteiger partial charge in [0.25, 0.3) is 5.91 Å². The number of pyridine rings is 1. The number of aromatic nitrogens is 1. The van der Waals surface area contributed by atoms with E-state index in [1.807, 2.05) is 0 Å². The Kier molecular flexibility index (Phi) is 3.17. The first kappa shape index (κ1) is 11.7. The van der Waals surface area contributed by atoms with Gasteiger partial charge in [0.1, 0.15) is 11.6 Å². The molecule has 1 saturated heterocycles. The van der Waals surface area contributed by atoms with Crippen LogP contribution in [0.5, 0.6) is 0 Å². The maximum absolute atomic E-state index is 12.9. The first-order chi connectivity index (χ1) is 8.08. The molecule has 2 heterocycles. The Morgan fingerprint density at radius 1 is 1.53 bits per heavy atom. The number of likely N-dealkylation sites (tertiary alicyclic amines) is 1. The molecule has 90 valence electrons. The Hall–Kier alpha value is -1.78. The van der Waals surface area contributed by atoms with Crippen molar-refractivity contribution in [3.63, 3.8) is 0 Å². The van der Waals surface area contributed by atoms with Gasteiger partial charge in [-0.05, 0) is 6.07 Å². The van der Waals surface area contributed by atoms with Crippen LogP contribution in [0.1, 0.15) is 23.7 Å². The molecule has 2 rings (SSSR count). The summed E-state index contributed by atoms with van der Waals surface area (Å²) in [6.45, 7) is 2.60. The third-order valence-electron chi connectivity index (χ3n) is 2.91. The second-order valence-corrected chi connectivity index (χ2v) is 4.26. The zero-order valence-corrected chi connectivity index (χ0v) is 9.52. The third-order valence-corrected chi connectivity index (χ3v) is 2.91. The molecule has 0 N–H and O–H groups in total. The zero-order chi connectivity index (χ0) is 12.4. The van der Waals surface area contributed by atoms with Gasteiger partial charge in [0, 0.05) is 31.6 Å². The van der Waals surface area contributed by atoms with E-state index in [4.69, 9.17) is 0 Å². The number of piperidine rings is 1. The highest BCUT2D eigenvalue weighted by atomic mass is 19.1. The van der Waals surface area contributed by atoms with Gasteiger partial charge in [-0.3, -0.25) is 14.6 Å². The Balaban J connectivity index is 2.13. The van der Waals surface area contributed by atoms with Crippen LogP contribution in [0.4, 0.5) is 4.39 Å². The van der Waals surface area contributed by atoms with Crippen molar-refractivity contribution in [2.75, 3.05) is 13.1 Å². The van der Waals surface area contributed by atoms with Crippen molar-refractivity contribution in [1.29, 1.82) is 0 Å². The molecule has 1 amide bonds. The second-order valence-electron chi connectivity index (χ2n) is 4.26. The van der Waals surface area contributed by atoms with Gasteiger partial charge in [0.2, 0.25) is 0 Å². The lowest BCUT2D eigenvalue weighted by atomic mass is 9.98. The quantitative estimate of drug-likeness (QED) is 0.737. The van der Waals surface area contributed by atoms with E-state index in [0.717, 1.165) is 12.3 Å². The Morgan fingerprint density at radius 2 is 2.29 bits per heavy atom. The number of Topliss-reactive ketones (excluding diaryl/α,β-unsaturated/α-hetero) is 1. The molecular weight excluding hydrogens is 223 g/mol. The Labute approximate surface area is 98.4 Å². The molecule has 1 atom stereocenters. The molecule has 0 radical (unpaired) electrons. The second kappa shape index (κ2) is 4.61. The van der Waals surface area contributed by atoms with E-state index >= 15 is 0 Å². The first-order valence-corrected chi connectivity index (χ1v) is 5.50. The van der Waals surface area contributed by atoms with Crippen LogP contribution in [-0.2, 0) is 4.79 Å². The van der Waals surface area contributed by atoms with Crippen molar-refractivity contribution in [1.82, 2.24) is 9.88 Å². The summed E-state index contributed by atoms with van der Waals surface area (Å²) in [7, 11) is 0. The molecule has 0 saturated carbocycles. The van der Waals surface area contributed by atoms with Gasteiger partial charge in [-0.15, -0.1) is 0 Å². The van der Waals surface area contributed by atoms with Crippen LogP contribution in [-0.4, -0.2) is 34.7 Å². The van der Waals surface area contributed by atoms with Crippen molar-refractivity contribution in [3.05, 3.63) is 29.8 Å². The third kappa shape index (κ3) is 2.49. The molecule has 1 aliphatic rings. The predicted octanol–water partition coefficient (Wildman–Crippen LogP) is 1.27. The monoisotopic (exact) mass is 236 g/mol. The Bertz CT molecular complexity index is 462.